The third-order valence-electron chi connectivity index (χ3n) is 5.63. The van der Waals surface area contributed by atoms with Crippen molar-refractivity contribution in [1.29, 1.82) is 5.26 Å². The number of aromatic nitrogens is 2. The Balaban J connectivity index is 2.09. The van der Waals surface area contributed by atoms with Crippen molar-refractivity contribution in [2.24, 2.45) is 18.9 Å². The molecule has 0 radical (unpaired) electrons. The first-order chi connectivity index (χ1) is 11.6. The maximum Gasteiger partial charge on any atom is 0.176 e. The molecule has 4 heteroatoms. The van der Waals surface area contributed by atoms with Crippen LogP contribution in [0.5, 0.6) is 0 Å². The molecule has 2 aliphatic carbocycles. The number of nitrogens with zero attached hydrogens (tertiary/aromatic N) is 3. The smallest absolute Gasteiger partial charge is 0.176 e. The molecule has 2 aromatic rings. The molecule has 1 unspecified atom stereocenters. The lowest BCUT2D eigenvalue weighted by atomic mass is 9.54. The molecular weight excluding hydrogens is 298 g/mol. The summed E-state index contributed by atoms with van der Waals surface area (Å²) in [7, 11) is 1.93. The van der Waals surface area contributed by atoms with Crippen LogP contribution in [-0.4, -0.2) is 15.6 Å². The Bertz CT molecular complexity index is 887. The summed E-state index contributed by atoms with van der Waals surface area (Å²) >= 11 is 0. The maximum atomic E-state index is 12.6. The number of hydrogen-bond acceptors (Lipinski definition) is 3. The maximum absolute atomic E-state index is 12.6. The Morgan fingerprint density at radius 2 is 2.08 bits per heavy atom. The number of allylic oxidation sites excluding steroid dienone is 2. The van der Waals surface area contributed by atoms with Crippen molar-refractivity contribution >= 4 is 5.78 Å². The topological polar surface area (TPSA) is 58.7 Å². The first-order valence-corrected chi connectivity index (χ1v) is 8.33. The largest absolute Gasteiger partial charge is 0.293 e. The standard InChI is InChI=1S/C20H19N3O/c1-13-17-9-8-14-12-23(2)22-19(14)20(17,10-15(11-21)18(13)24)16-6-4-3-5-7-16/h3-7,10,12-13,17H,8-9H2,1-2H3/t13-,17?,20+/m0/s1. The van der Waals surface area contributed by atoms with Gasteiger partial charge in [0.2, 0.25) is 0 Å². The van der Waals surface area contributed by atoms with Crippen molar-refractivity contribution in [3.05, 3.63) is 65.0 Å². The van der Waals surface area contributed by atoms with Gasteiger partial charge in [-0.15, -0.1) is 0 Å². The second-order valence-electron chi connectivity index (χ2n) is 6.88. The highest BCUT2D eigenvalue weighted by molar-refractivity contribution is 6.02. The molecule has 1 aromatic carbocycles. The van der Waals surface area contributed by atoms with Crippen LogP contribution in [0, 0.1) is 23.2 Å². The molecule has 2 aliphatic rings. The molecule has 0 aliphatic heterocycles. The van der Waals surface area contributed by atoms with E-state index < -0.39 is 5.41 Å². The predicted octanol–water partition coefficient (Wildman–Crippen LogP) is 2.94. The molecule has 0 spiro atoms. The van der Waals surface area contributed by atoms with Gasteiger partial charge in [0, 0.05) is 19.2 Å². The predicted molar refractivity (Wildman–Crippen MR) is 90.1 cm³/mol. The zero-order valence-corrected chi connectivity index (χ0v) is 13.9. The number of fused-ring (bicyclic) bond motifs is 3. The van der Waals surface area contributed by atoms with E-state index >= 15 is 0 Å². The van der Waals surface area contributed by atoms with E-state index in [-0.39, 0.29) is 23.2 Å². The minimum atomic E-state index is -0.492. The van der Waals surface area contributed by atoms with Crippen LogP contribution in [0.25, 0.3) is 0 Å². The Labute approximate surface area is 141 Å². The highest BCUT2D eigenvalue weighted by Crippen LogP contribution is 2.53. The van der Waals surface area contributed by atoms with Crippen LogP contribution in [0.4, 0.5) is 0 Å². The number of carbonyl (C=O) groups is 1. The second-order valence-corrected chi connectivity index (χ2v) is 6.88. The number of rotatable bonds is 1. The fourth-order valence-corrected chi connectivity index (χ4v) is 4.57. The van der Waals surface area contributed by atoms with Crippen LogP contribution in [0.1, 0.15) is 30.2 Å². The molecule has 4 nitrogen and oxygen atoms in total. The average molecular weight is 317 g/mol. The summed E-state index contributed by atoms with van der Waals surface area (Å²) in [5.41, 5.74) is 3.10. The van der Waals surface area contributed by atoms with Crippen LogP contribution in [0.15, 0.2) is 48.2 Å². The fraction of sp³-hybridized carbons (Fsp3) is 0.350. The van der Waals surface area contributed by atoms with Gasteiger partial charge in [0.1, 0.15) is 6.07 Å². The van der Waals surface area contributed by atoms with Crippen molar-refractivity contribution < 1.29 is 4.79 Å². The SMILES string of the molecule is C[C@@H]1C(=O)C(C#N)=C[C@]2(c3ccccc3)c3nn(C)cc3CCC12. The van der Waals surface area contributed by atoms with E-state index in [4.69, 9.17) is 5.10 Å². The Kier molecular flexibility index (Phi) is 3.21. The van der Waals surface area contributed by atoms with E-state index in [0.717, 1.165) is 24.1 Å². The van der Waals surface area contributed by atoms with Gasteiger partial charge in [-0.2, -0.15) is 10.4 Å². The van der Waals surface area contributed by atoms with Crippen LogP contribution >= 0.6 is 0 Å². The minimum Gasteiger partial charge on any atom is -0.293 e. The molecule has 0 saturated heterocycles. The average Bonchev–Trinajstić information content (AvgIpc) is 2.99. The number of hydrogen-bond donors (Lipinski definition) is 0. The van der Waals surface area contributed by atoms with Gasteiger partial charge in [0.15, 0.2) is 5.78 Å². The van der Waals surface area contributed by atoms with E-state index in [0.29, 0.717) is 0 Å². The number of benzene rings is 1. The Morgan fingerprint density at radius 1 is 1.33 bits per heavy atom. The molecule has 3 atom stereocenters. The number of aryl methyl sites for hydroxylation is 2. The molecule has 4 rings (SSSR count). The quantitative estimate of drug-likeness (QED) is 0.812. The lowest BCUT2D eigenvalue weighted by Crippen LogP contribution is -2.48. The number of carbonyl (C=O) groups excluding carboxylic acids is 1. The fourth-order valence-electron chi connectivity index (χ4n) is 4.57. The number of ketones is 1. The first-order valence-electron chi connectivity index (χ1n) is 8.33. The molecule has 0 saturated carbocycles. The summed E-state index contributed by atoms with van der Waals surface area (Å²) in [5.74, 6) is -0.0830. The summed E-state index contributed by atoms with van der Waals surface area (Å²) in [6.45, 7) is 1.96. The normalized spacial score (nSPS) is 28.5. The summed E-state index contributed by atoms with van der Waals surface area (Å²) in [6.07, 6.45) is 5.81. The molecule has 0 fully saturated rings. The van der Waals surface area contributed by atoms with Crippen LogP contribution in [-0.2, 0) is 23.7 Å². The first kappa shape index (κ1) is 14.9. The second kappa shape index (κ2) is 5.17. The molecule has 0 N–H and O–H groups in total. The Morgan fingerprint density at radius 3 is 2.79 bits per heavy atom. The molecule has 24 heavy (non-hydrogen) atoms. The van der Waals surface area contributed by atoms with Gasteiger partial charge in [-0.1, -0.05) is 37.3 Å². The summed E-state index contributed by atoms with van der Waals surface area (Å²) in [4.78, 5) is 12.6. The third-order valence-corrected chi connectivity index (χ3v) is 5.63. The summed E-state index contributed by atoms with van der Waals surface area (Å²) in [6, 6.07) is 12.3. The van der Waals surface area contributed by atoms with E-state index in [1.165, 1.54) is 5.56 Å². The van der Waals surface area contributed by atoms with E-state index in [2.05, 4.69) is 24.4 Å². The van der Waals surface area contributed by atoms with Crippen LogP contribution < -0.4 is 0 Å². The van der Waals surface area contributed by atoms with Gasteiger partial charge >= 0.3 is 0 Å². The molecule has 0 bridgehead atoms. The number of nitriles is 1. The van der Waals surface area contributed by atoms with Crippen LogP contribution in [0.2, 0.25) is 0 Å². The molecule has 120 valence electrons. The molecular formula is C20H19N3O. The zero-order chi connectivity index (χ0) is 16.9. The van der Waals surface area contributed by atoms with Gasteiger partial charge in [-0.25, -0.2) is 0 Å². The van der Waals surface area contributed by atoms with Gasteiger partial charge in [0.05, 0.1) is 16.7 Å². The van der Waals surface area contributed by atoms with E-state index in [1.54, 1.807) is 0 Å². The molecule has 1 heterocycles. The van der Waals surface area contributed by atoms with Crippen molar-refractivity contribution in [2.75, 3.05) is 0 Å². The van der Waals surface area contributed by atoms with Gasteiger partial charge in [-0.3, -0.25) is 9.48 Å². The highest BCUT2D eigenvalue weighted by Gasteiger charge is 2.53. The van der Waals surface area contributed by atoms with Crippen LogP contribution in [0.3, 0.4) is 0 Å². The minimum absolute atomic E-state index is 0.0339. The van der Waals surface area contributed by atoms with Crippen molar-refractivity contribution in [2.45, 2.75) is 25.2 Å². The van der Waals surface area contributed by atoms with E-state index in [1.807, 2.05) is 42.9 Å². The van der Waals surface area contributed by atoms with E-state index in [9.17, 15) is 10.1 Å². The number of Topliss-reactive ketones (excluding diaryl/α,β-unsaturated/α-hetero) is 1. The molecule has 0 amide bonds. The third kappa shape index (κ3) is 1.85. The van der Waals surface area contributed by atoms with Crippen molar-refractivity contribution in [3.63, 3.8) is 0 Å². The van der Waals surface area contributed by atoms with Crippen molar-refractivity contribution in [1.82, 2.24) is 9.78 Å². The summed E-state index contributed by atoms with van der Waals surface area (Å²) < 4.78 is 1.85. The lowest BCUT2D eigenvalue weighted by molar-refractivity contribution is -0.121. The summed E-state index contributed by atoms with van der Waals surface area (Å²) in [5, 5.41) is 14.3. The lowest BCUT2D eigenvalue weighted by Gasteiger charge is -2.46. The monoisotopic (exact) mass is 317 g/mol. The van der Waals surface area contributed by atoms with Gasteiger partial charge < -0.3 is 0 Å². The van der Waals surface area contributed by atoms with Crippen molar-refractivity contribution in [3.8, 4) is 6.07 Å². The van der Waals surface area contributed by atoms with Gasteiger partial charge in [0.25, 0.3) is 0 Å². The van der Waals surface area contributed by atoms with Gasteiger partial charge in [-0.05, 0) is 36.0 Å². The zero-order valence-electron chi connectivity index (χ0n) is 13.9. The highest BCUT2D eigenvalue weighted by atomic mass is 16.1. The Hall–Kier alpha value is -2.67. The molecule has 1 aromatic heterocycles.